The molecule has 0 heterocycles. The molecule has 2 N–H and O–H groups in total. The van der Waals surface area contributed by atoms with Crippen LogP contribution in [0.3, 0.4) is 0 Å². The third-order valence-electron chi connectivity index (χ3n) is 2.84. The normalized spacial score (nSPS) is 13.1. The minimum Gasteiger partial charge on any atom is -0.468 e. The highest BCUT2D eigenvalue weighted by Crippen LogP contribution is 2.21. The van der Waals surface area contributed by atoms with Crippen LogP contribution in [0.5, 0.6) is 0 Å². The highest BCUT2D eigenvalue weighted by Gasteiger charge is 2.28. The van der Waals surface area contributed by atoms with Crippen molar-refractivity contribution in [2.45, 2.75) is 31.7 Å². The summed E-state index contributed by atoms with van der Waals surface area (Å²) >= 11 is 0. The van der Waals surface area contributed by atoms with Gasteiger partial charge in [0.2, 0.25) is 10.0 Å². The number of hydrogen-bond acceptors (Lipinski definition) is 5. The summed E-state index contributed by atoms with van der Waals surface area (Å²) < 4.78 is 31.3. The lowest BCUT2D eigenvalue weighted by Gasteiger charge is -2.17. The van der Waals surface area contributed by atoms with Gasteiger partial charge in [-0.3, -0.25) is 4.79 Å². The smallest absolute Gasteiger partial charge is 0.326 e. The monoisotopic (exact) mass is 301 g/mol. The second kappa shape index (κ2) is 6.34. The fourth-order valence-electron chi connectivity index (χ4n) is 2.14. The maximum absolute atomic E-state index is 12.3. The average molecular weight is 301 g/mol. The summed E-state index contributed by atoms with van der Waals surface area (Å²) in [6, 6.07) is 2.17. The van der Waals surface area contributed by atoms with Gasteiger partial charge >= 0.3 is 5.97 Å². The molecule has 20 heavy (non-hydrogen) atoms. The first-order valence-electron chi connectivity index (χ1n) is 6.01. The number of aliphatic hydroxyl groups is 1. The Morgan fingerprint density at radius 1 is 1.30 bits per heavy atom. The van der Waals surface area contributed by atoms with Gasteiger partial charge in [-0.05, 0) is 31.9 Å². The molecule has 1 aromatic rings. The summed E-state index contributed by atoms with van der Waals surface area (Å²) in [4.78, 5) is 11.5. The van der Waals surface area contributed by atoms with Crippen molar-refractivity contribution in [3.8, 4) is 0 Å². The number of nitrogens with one attached hydrogen (secondary N) is 1. The molecule has 0 spiro atoms. The predicted octanol–water partition coefficient (Wildman–Crippen LogP) is 0.424. The van der Waals surface area contributed by atoms with Crippen LogP contribution in [0.25, 0.3) is 0 Å². The van der Waals surface area contributed by atoms with Crippen molar-refractivity contribution in [3.63, 3.8) is 0 Å². The lowest BCUT2D eigenvalue weighted by Crippen LogP contribution is -2.44. The molecule has 0 amide bonds. The molecule has 1 rings (SSSR count). The van der Waals surface area contributed by atoms with Gasteiger partial charge in [-0.15, -0.1) is 0 Å². The minimum absolute atomic E-state index is 0.116. The summed E-state index contributed by atoms with van der Waals surface area (Å²) in [6.07, 6.45) is 0. The molecule has 0 aliphatic rings. The highest BCUT2D eigenvalue weighted by atomic mass is 32.2. The van der Waals surface area contributed by atoms with Crippen LogP contribution >= 0.6 is 0 Å². The van der Waals surface area contributed by atoms with Crippen LogP contribution in [-0.4, -0.2) is 39.3 Å². The Morgan fingerprint density at radius 3 is 2.20 bits per heavy atom. The molecule has 1 atom stereocenters. The van der Waals surface area contributed by atoms with Crippen LogP contribution in [-0.2, 0) is 19.6 Å². The Kier molecular flexibility index (Phi) is 5.27. The lowest BCUT2D eigenvalue weighted by molar-refractivity contribution is -0.143. The van der Waals surface area contributed by atoms with E-state index in [9.17, 15) is 13.2 Å². The van der Waals surface area contributed by atoms with E-state index in [0.717, 1.165) is 12.7 Å². The second-order valence-electron chi connectivity index (χ2n) is 4.61. The van der Waals surface area contributed by atoms with E-state index in [-0.39, 0.29) is 4.90 Å². The average Bonchev–Trinajstić information content (AvgIpc) is 2.33. The first kappa shape index (κ1) is 16.6. The molecule has 0 aromatic heterocycles. The van der Waals surface area contributed by atoms with Gasteiger partial charge in [-0.1, -0.05) is 17.7 Å². The van der Waals surface area contributed by atoms with Crippen molar-refractivity contribution >= 4 is 16.0 Å². The van der Waals surface area contributed by atoms with Crippen LogP contribution < -0.4 is 4.72 Å². The number of ether oxygens (including phenoxy) is 1. The predicted molar refractivity (Wildman–Crippen MR) is 73.9 cm³/mol. The number of rotatable bonds is 5. The minimum atomic E-state index is -3.92. The van der Waals surface area contributed by atoms with Crippen molar-refractivity contribution in [2.75, 3.05) is 13.7 Å². The van der Waals surface area contributed by atoms with Crippen LogP contribution in [0, 0.1) is 20.8 Å². The van der Waals surface area contributed by atoms with Gasteiger partial charge in [0.15, 0.2) is 0 Å². The zero-order valence-electron chi connectivity index (χ0n) is 11.9. The van der Waals surface area contributed by atoms with E-state index in [2.05, 4.69) is 9.46 Å². The maximum atomic E-state index is 12.3. The summed E-state index contributed by atoms with van der Waals surface area (Å²) in [6.45, 7) is 4.56. The molecular formula is C13H19NO5S. The van der Waals surface area contributed by atoms with Crippen molar-refractivity contribution in [1.82, 2.24) is 4.72 Å². The van der Waals surface area contributed by atoms with E-state index >= 15 is 0 Å². The Morgan fingerprint density at radius 2 is 1.80 bits per heavy atom. The number of aryl methyl sites for hydroxylation is 3. The molecule has 1 aromatic carbocycles. The zero-order chi connectivity index (χ0) is 15.5. The van der Waals surface area contributed by atoms with Crippen LogP contribution in [0.4, 0.5) is 0 Å². The van der Waals surface area contributed by atoms with Gasteiger partial charge in [0.1, 0.15) is 6.04 Å². The van der Waals surface area contributed by atoms with Crippen molar-refractivity contribution in [2.24, 2.45) is 0 Å². The first-order chi connectivity index (χ1) is 9.22. The van der Waals surface area contributed by atoms with E-state index in [1.165, 1.54) is 0 Å². The van der Waals surface area contributed by atoms with Gasteiger partial charge in [-0.2, -0.15) is 4.72 Å². The number of hydrogen-bond donors (Lipinski definition) is 2. The topological polar surface area (TPSA) is 92.7 Å². The van der Waals surface area contributed by atoms with Gasteiger partial charge in [0.05, 0.1) is 18.6 Å². The molecular weight excluding hydrogens is 282 g/mol. The van der Waals surface area contributed by atoms with Crippen LogP contribution in [0.2, 0.25) is 0 Å². The molecule has 0 aliphatic carbocycles. The molecule has 0 saturated heterocycles. The van der Waals surface area contributed by atoms with E-state index in [0.29, 0.717) is 11.1 Å². The third kappa shape index (κ3) is 3.56. The number of sulfonamides is 1. The van der Waals surface area contributed by atoms with E-state index in [1.54, 1.807) is 26.0 Å². The molecule has 1 unspecified atom stereocenters. The SMILES string of the molecule is COC(=O)C(CO)NS(=O)(=O)c1c(C)cc(C)cc1C. The second-order valence-corrected chi connectivity index (χ2v) is 6.26. The lowest BCUT2D eigenvalue weighted by atomic mass is 10.1. The summed E-state index contributed by atoms with van der Waals surface area (Å²) in [5.41, 5.74) is 2.11. The largest absolute Gasteiger partial charge is 0.468 e. The maximum Gasteiger partial charge on any atom is 0.326 e. The van der Waals surface area contributed by atoms with E-state index < -0.39 is 28.6 Å². The quantitative estimate of drug-likeness (QED) is 0.769. The zero-order valence-corrected chi connectivity index (χ0v) is 12.7. The standard InChI is InChI=1S/C13H19NO5S/c1-8-5-9(2)12(10(3)6-8)20(17,18)14-11(7-15)13(16)19-4/h5-6,11,14-15H,7H2,1-4H3. The number of carbonyl (C=O) groups is 1. The Balaban J connectivity index is 3.21. The number of benzene rings is 1. The number of aliphatic hydroxyl groups excluding tert-OH is 1. The van der Waals surface area contributed by atoms with Gasteiger partial charge in [0.25, 0.3) is 0 Å². The summed E-state index contributed by atoms with van der Waals surface area (Å²) in [5.74, 6) is -0.835. The molecule has 0 saturated carbocycles. The van der Waals surface area contributed by atoms with E-state index in [1.807, 2.05) is 6.92 Å². The van der Waals surface area contributed by atoms with Gasteiger partial charge in [0, 0.05) is 0 Å². The van der Waals surface area contributed by atoms with Crippen molar-refractivity contribution < 1.29 is 23.1 Å². The number of methoxy groups -OCH3 is 1. The fourth-order valence-corrected chi connectivity index (χ4v) is 3.77. The van der Waals surface area contributed by atoms with Crippen LogP contribution in [0.1, 0.15) is 16.7 Å². The molecule has 0 fully saturated rings. The molecule has 7 heteroatoms. The molecule has 0 bridgehead atoms. The Hall–Kier alpha value is -1.44. The number of carbonyl (C=O) groups excluding carboxylic acids is 1. The summed E-state index contributed by atoms with van der Waals surface area (Å²) in [7, 11) is -2.79. The molecule has 112 valence electrons. The number of esters is 1. The first-order valence-corrected chi connectivity index (χ1v) is 7.50. The summed E-state index contributed by atoms with van der Waals surface area (Å²) in [5, 5.41) is 9.09. The third-order valence-corrected chi connectivity index (χ3v) is 4.62. The van der Waals surface area contributed by atoms with Crippen LogP contribution in [0.15, 0.2) is 17.0 Å². The van der Waals surface area contributed by atoms with Gasteiger partial charge in [-0.25, -0.2) is 8.42 Å². The van der Waals surface area contributed by atoms with Crippen molar-refractivity contribution in [3.05, 3.63) is 28.8 Å². The Bertz CT molecular complexity index is 586. The molecule has 0 aliphatic heterocycles. The Labute approximate surface area is 118 Å². The fraction of sp³-hybridized carbons (Fsp3) is 0.462. The molecule has 0 radical (unpaired) electrons. The van der Waals surface area contributed by atoms with Crippen molar-refractivity contribution in [1.29, 1.82) is 0 Å². The van der Waals surface area contributed by atoms with E-state index in [4.69, 9.17) is 5.11 Å². The molecule has 6 nitrogen and oxygen atoms in total. The highest BCUT2D eigenvalue weighted by molar-refractivity contribution is 7.89. The van der Waals surface area contributed by atoms with Gasteiger partial charge < -0.3 is 9.84 Å².